The van der Waals surface area contributed by atoms with Gasteiger partial charge in [0.2, 0.25) is 0 Å². The molecule has 35 heavy (non-hydrogen) atoms. The zero-order chi connectivity index (χ0) is 25.6. The second kappa shape index (κ2) is 11.1. The Balaban J connectivity index is 1.74. The Hall–Kier alpha value is -3.15. The Morgan fingerprint density at radius 1 is 0.943 bits per heavy atom. The molecule has 0 saturated carbocycles. The monoisotopic (exact) mass is 477 g/mol. The normalized spacial score (nSPS) is 12.1. The van der Waals surface area contributed by atoms with Crippen molar-refractivity contribution in [1.29, 1.82) is 0 Å². The topological polar surface area (TPSA) is 64.4 Å². The van der Waals surface area contributed by atoms with Gasteiger partial charge in [-0.2, -0.15) is 0 Å². The smallest absolute Gasteiger partial charge is 0.410 e. The van der Waals surface area contributed by atoms with E-state index in [0.29, 0.717) is 31.4 Å². The summed E-state index contributed by atoms with van der Waals surface area (Å²) >= 11 is 0. The van der Waals surface area contributed by atoms with E-state index in [1.54, 1.807) is 4.90 Å². The lowest BCUT2D eigenvalue weighted by atomic mass is 9.96. The molecule has 6 nitrogen and oxygen atoms in total. The molecular weight excluding hydrogens is 438 g/mol. The van der Waals surface area contributed by atoms with Crippen LogP contribution >= 0.6 is 0 Å². The van der Waals surface area contributed by atoms with Crippen LogP contribution in [0, 0.1) is 5.41 Å². The first kappa shape index (κ1) is 26.5. The van der Waals surface area contributed by atoms with Crippen LogP contribution < -0.4 is 5.56 Å². The highest BCUT2D eigenvalue weighted by atomic mass is 16.6. The molecule has 188 valence electrons. The standard InChI is InChI=1S/C29H39N3O3/c1-28(2,3)21-32-25(30-24-17-11-10-16-23(24)26(32)33)18-12-13-19-31(27(34)35-29(4,5)6)20-22-14-8-7-9-15-22/h7-11,14-17H,12-13,18-21H2,1-6H3. The highest BCUT2D eigenvalue weighted by molar-refractivity contribution is 5.77. The quantitative estimate of drug-likeness (QED) is 0.362. The number of rotatable bonds is 8. The molecule has 0 spiro atoms. The fourth-order valence-corrected chi connectivity index (χ4v) is 3.99. The van der Waals surface area contributed by atoms with Crippen LogP contribution in [0.4, 0.5) is 4.79 Å². The van der Waals surface area contributed by atoms with Gasteiger partial charge >= 0.3 is 6.09 Å². The molecule has 1 aromatic heterocycles. The van der Waals surface area contributed by atoms with Gasteiger partial charge in [0.15, 0.2) is 0 Å². The van der Waals surface area contributed by atoms with Gasteiger partial charge in [0.1, 0.15) is 11.4 Å². The lowest BCUT2D eigenvalue weighted by molar-refractivity contribution is 0.0230. The van der Waals surface area contributed by atoms with Gasteiger partial charge in [-0.05, 0) is 56.7 Å². The molecule has 1 heterocycles. The van der Waals surface area contributed by atoms with E-state index in [2.05, 4.69) is 20.8 Å². The number of aryl methyl sites for hydroxylation is 1. The number of carbonyl (C=O) groups is 1. The van der Waals surface area contributed by atoms with E-state index >= 15 is 0 Å². The molecule has 0 bridgehead atoms. The van der Waals surface area contributed by atoms with Crippen molar-refractivity contribution in [2.45, 2.75) is 79.5 Å². The van der Waals surface area contributed by atoms with Crippen LogP contribution in [0.1, 0.15) is 65.8 Å². The summed E-state index contributed by atoms with van der Waals surface area (Å²) in [5, 5.41) is 0.652. The van der Waals surface area contributed by atoms with E-state index in [4.69, 9.17) is 9.72 Å². The summed E-state index contributed by atoms with van der Waals surface area (Å²) in [5.41, 5.74) is 1.21. The van der Waals surface area contributed by atoms with Gasteiger partial charge in [0.05, 0.1) is 10.9 Å². The van der Waals surface area contributed by atoms with Crippen molar-refractivity contribution in [3.8, 4) is 0 Å². The van der Waals surface area contributed by atoms with E-state index in [-0.39, 0.29) is 17.1 Å². The summed E-state index contributed by atoms with van der Waals surface area (Å²) in [6.45, 7) is 13.7. The molecule has 0 saturated heterocycles. The lowest BCUT2D eigenvalue weighted by Crippen LogP contribution is -2.37. The van der Waals surface area contributed by atoms with Crippen molar-refractivity contribution in [3.05, 3.63) is 76.3 Å². The van der Waals surface area contributed by atoms with Gasteiger partial charge < -0.3 is 9.64 Å². The van der Waals surface area contributed by atoms with E-state index in [9.17, 15) is 9.59 Å². The van der Waals surface area contributed by atoms with Crippen LogP contribution in [0.15, 0.2) is 59.4 Å². The Labute approximate surface area is 208 Å². The summed E-state index contributed by atoms with van der Waals surface area (Å²) in [6, 6.07) is 17.5. The van der Waals surface area contributed by atoms with Gasteiger partial charge in [-0.25, -0.2) is 9.78 Å². The van der Waals surface area contributed by atoms with E-state index in [1.807, 2.05) is 79.9 Å². The van der Waals surface area contributed by atoms with Crippen molar-refractivity contribution >= 4 is 17.0 Å². The number of unbranched alkanes of at least 4 members (excludes halogenated alkanes) is 1. The minimum absolute atomic E-state index is 0.0139. The molecule has 0 fully saturated rings. The predicted molar refractivity (Wildman–Crippen MR) is 141 cm³/mol. The van der Waals surface area contributed by atoms with Crippen molar-refractivity contribution in [3.63, 3.8) is 0 Å². The van der Waals surface area contributed by atoms with Crippen LogP contribution in [0.2, 0.25) is 0 Å². The molecule has 0 atom stereocenters. The van der Waals surface area contributed by atoms with E-state index < -0.39 is 5.60 Å². The van der Waals surface area contributed by atoms with Gasteiger partial charge in [0, 0.05) is 26.1 Å². The van der Waals surface area contributed by atoms with Crippen LogP contribution in [-0.4, -0.2) is 32.7 Å². The molecule has 2 aromatic carbocycles. The molecule has 3 aromatic rings. The maximum atomic E-state index is 13.2. The molecule has 0 aliphatic heterocycles. The lowest BCUT2D eigenvalue weighted by Gasteiger charge is -2.27. The van der Waals surface area contributed by atoms with E-state index in [1.165, 1.54) is 0 Å². The third-order valence-corrected chi connectivity index (χ3v) is 5.52. The second-order valence-electron chi connectivity index (χ2n) is 11.3. The molecule has 6 heteroatoms. The molecule has 0 radical (unpaired) electrons. The zero-order valence-electron chi connectivity index (χ0n) is 22.0. The number of nitrogens with zero attached hydrogens (tertiary/aromatic N) is 3. The van der Waals surface area contributed by atoms with Gasteiger partial charge in [0.25, 0.3) is 5.56 Å². The van der Waals surface area contributed by atoms with Crippen molar-refractivity contribution < 1.29 is 9.53 Å². The fraction of sp³-hybridized carbons (Fsp3) is 0.483. The summed E-state index contributed by atoms with van der Waals surface area (Å²) < 4.78 is 7.49. The Kier molecular flexibility index (Phi) is 8.36. The molecule has 1 amide bonds. The van der Waals surface area contributed by atoms with Gasteiger partial charge in [-0.3, -0.25) is 9.36 Å². The number of fused-ring (bicyclic) bond motifs is 1. The SMILES string of the molecule is CC(C)(C)Cn1c(CCCCN(Cc2ccccc2)C(=O)OC(C)(C)C)nc2ccccc2c1=O. The number of carbonyl (C=O) groups excluding carboxylic acids is 1. The third kappa shape index (κ3) is 7.94. The number of amides is 1. The molecule has 3 rings (SSSR count). The number of para-hydroxylation sites is 1. The highest BCUT2D eigenvalue weighted by Gasteiger charge is 2.22. The average Bonchev–Trinajstić information content (AvgIpc) is 2.77. The minimum Gasteiger partial charge on any atom is -0.444 e. The molecular formula is C29H39N3O3. The molecule has 0 aliphatic carbocycles. The van der Waals surface area contributed by atoms with Crippen molar-refractivity contribution in [2.75, 3.05) is 6.54 Å². The van der Waals surface area contributed by atoms with Crippen LogP contribution in [0.25, 0.3) is 10.9 Å². The fourth-order valence-electron chi connectivity index (χ4n) is 3.99. The minimum atomic E-state index is -0.552. The maximum absolute atomic E-state index is 13.2. The van der Waals surface area contributed by atoms with Gasteiger partial charge in [-0.15, -0.1) is 0 Å². The largest absolute Gasteiger partial charge is 0.444 e. The van der Waals surface area contributed by atoms with Crippen LogP contribution in [0.5, 0.6) is 0 Å². The third-order valence-electron chi connectivity index (χ3n) is 5.52. The average molecular weight is 478 g/mol. The second-order valence-corrected chi connectivity index (χ2v) is 11.3. The molecule has 0 N–H and O–H groups in total. The summed E-state index contributed by atoms with van der Waals surface area (Å²) in [7, 11) is 0. The first-order valence-electron chi connectivity index (χ1n) is 12.4. The molecule has 0 aliphatic rings. The summed E-state index contributed by atoms with van der Waals surface area (Å²) in [6.07, 6.45) is 1.95. The number of hydrogen-bond acceptors (Lipinski definition) is 4. The maximum Gasteiger partial charge on any atom is 0.410 e. The predicted octanol–water partition coefficient (Wildman–Crippen LogP) is 6.20. The first-order valence-corrected chi connectivity index (χ1v) is 12.4. The highest BCUT2D eigenvalue weighted by Crippen LogP contribution is 2.19. The Bertz CT molecular complexity index is 1190. The first-order chi connectivity index (χ1) is 16.4. The van der Waals surface area contributed by atoms with Gasteiger partial charge in [-0.1, -0.05) is 63.2 Å². The van der Waals surface area contributed by atoms with Crippen LogP contribution in [-0.2, 0) is 24.2 Å². The number of aromatic nitrogens is 2. The van der Waals surface area contributed by atoms with E-state index in [0.717, 1.165) is 29.7 Å². The van der Waals surface area contributed by atoms with Crippen molar-refractivity contribution in [1.82, 2.24) is 14.5 Å². The number of hydrogen-bond donors (Lipinski definition) is 0. The number of ether oxygens (including phenoxy) is 1. The number of benzene rings is 2. The van der Waals surface area contributed by atoms with Crippen LogP contribution in [0.3, 0.4) is 0 Å². The Morgan fingerprint density at radius 3 is 2.26 bits per heavy atom. The summed E-state index contributed by atoms with van der Waals surface area (Å²) in [5.74, 6) is 0.801. The Morgan fingerprint density at radius 2 is 1.60 bits per heavy atom. The van der Waals surface area contributed by atoms with Crippen molar-refractivity contribution in [2.24, 2.45) is 5.41 Å². The molecule has 0 unspecified atom stereocenters. The summed E-state index contributed by atoms with van der Waals surface area (Å²) in [4.78, 5) is 32.7. The zero-order valence-corrected chi connectivity index (χ0v) is 22.0.